The molecule has 0 bridgehead atoms. The maximum Gasteiger partial charge on any atom is 0.434 e. The van der Waals surface area contributed by atoms with Gasteiger partial charge in [0, 0.05) is 46.1 Å². The van der Waals surface area contributed by atoms with Gasteiger partial charge in [-0.3, -0.25) is 0 Å². The van der Waals surface area contributed by atoms with E-state index in [-0.39, 0.29) is 17.5 Å². The van der Waals surface area contributed by atoms with E-state index in [9.17, 15) is 17.6 Å². The van der Waals surface area contributed by atoms with Gasteiger partial charge in [-0.05, 0) is 36.4 Å². The third-order valence-electron chi connectivity index (χ3n) is 5.66. The van der Waals surface area contributed by atoms with Crippen molar-refractivity contribution in [1.82, 2.24) is 19.7 Å². The molecule has 3 aromatic carbocycles. The quantitative estimate of drug-likeness (QED) is 0.224. The van der Waals surface area contributed by atoms with Crippen LogP contribution in [0.5, 0.6) is 5.75 Å². The summed E-state index contributed by atoms with van der Waals surface area (Å²) in [7, 11) is 2.99. The van der Waals surface area contributed by atoms with E-state index >= 15 is 0 Å². The van der Waals surface area contributed by atoms with Crippen LogP contribution in [0.3, 0.4) is 0 Å². The van der Waals surface area contributed by atoms with Crippen molar-refractivity contribution >= 4 is 11.6 Å². The van der Waals surface area contributed by atoms with Gasteiger partial charge in [-0.25, -0.2) is 9.37 Å². The molecule has 0 atom stereocenters. The van der Waals surface area contributed by atoms with E-state index in [1.54, 1.807) is 42.5 Å². The van der Waals surface area contributed by atoms with E-state index in [4.69, 9.17) is 20.9 Å². The lowest BCUT2D eigenvalue weighted by Crippen LogP contribution is -2.04. The zero-order valence-corrected chi connectivity index (χ0v) is 20.1. The molecule has 0 fully saturated rings. The lowest BCUT2D eigenvalue weighted by molar-refractivity contribution is -0.140. The number of methoxy groups -OCH3 is 1. The number of benzene rings is 3. The average molecular weight is 529 g/mol. The molecule has 0 saturated heterocycles. The van der Waals surface area contributed by atoms with Crippen molar-refractivity contribution in [3.05, 3.63) is 83.4 Å². The van der Waals surface area contributed by atoms with Crippen molar-refractivity contribution in [2.24, 2.45) is 7.05 Å². The van der Waals surface area contributed by atoms with Crippen LogP contribution in [0.25, 0.3) is 45.4 Å². The molecule has 0 aliphatic heterocycles. The monoisotopic (exact) mass is 528 g/mol. The first-order valence-corrected chi connectivity index (χ1v) is 11.2. The molecular weight excluding hydrogens is 512 g/mol. The molecule has 0 aliphatic rings. The van der Waals surface area contributed by atoms with Crippen LogP contribution in [0, 0.1) is 5.82 Å². The fraction of sp³-hybridized carbons (Fsp3) is 0.115. The number of alkyl halides is 3. The number of halogens is 5. The normalized spacial score (nSPS) is 11.6. The molecule has 11 heteroatoms. The third-order valence-corrected chi connectivity index (χ3v) is 5.89. The molecule has 0 aliphatic carbocycles. The van der Waals surface area contributed by atoms with Crippen molar-refractivity contribution in [2.45, 2.75) is 6.18 Å². The summed E-state index contributed by atoms with van der Waals surface area (Å²) >= 11 is 6.17. The average Bonchev–Trinajstić information content (AvgIpc) is 3.51. The number of aryl methyl sites for hydroxylation is 1. The van der Waals surface area contributed by atoms with Crippen LogP contribution in [0.2, 0.25) is 5.02 Å². The molecule has 0 saturated carbocycles. The van der Waals surface area contributed by atoms with E-state index in [1.165, 1.54) is 36.9 Å². The van der Waals surface area contributed by atoms with Crippen molar-refractivity contribution in [1.29, 1.82) is 0 Å². The summed E-state index contributed by atoms with van der Waals surface area (Å²) in [4.78, 5) is 8.16. The molecule has 5 aromatic rings. The van der Waals surface area contributed by atoms with Crippen molar-refractivity contribution in [2.75, 3.05) is 7.11 Å². The Labute approximate surface area is 213 Å². The Morgan fingerprint density at radius 1 is 0.892 bits per heavy atom. The van der Waals surface area contributed by atoms with Gasteiger partial charge in [0.2, 0.25) is 5.82 Å². The van der Waals surface area contributed by atoms with E-state index in [0.717, 1.165) is 6.20 Å². The molecule has 188 valence electrons. The number of rotatable bonds is 5. The Morgan fingerprint density at radius 3 is 2.30 bits per heavy atom. The fourth-order valence-electron chi connectivity index (χ4n) is 3.91. The van der Waals surface area contributed by atoms with Crippen LogP contribution in [0.15, 0.2) is 71.4 Å². The van der Waals surface area contributed by atoms with Crippen LogP contribution in [0.1, 0.15) is 5.69 Å². The number of nitrogens with zero attached hydrogens (tertiary/aromatic N) is 4. The molecule has 0 radical (unpaired) electrons. The highest BCUT2D eigenvalue weighted by Gasteiger charge is 2.34. The van der Waals surface area contributed by atoms with Gasteiger partial charge in [-0.1, -0.05) is 41.0 Å². The minimum Gasteiger partial charge on any atom is -0.496 e. The van der Waals surface area contributed by atoms with Gasteiger partial charge in [-0.2, -0.15) is 18.2 Å². The SMILES string of the molecule is COc1ccc(Cl)cc1-c1cc(F)ccc1-c1nc(-c2ccc(-c3nc(C(F)(F)F)cn3C)cc2)no1. The van der Waals surface area contributed by atoms with Crippen molar-refractivity contribution in [3.63, 3.8) is 0 Å². The summed E-state index contributed by atoms with van der Waals surface area (Å²) < 4.78 is 65.5. The molecule has 0 amide bonds. The Bertz CT molecular complexity index is 1590. The van der Waals surface area contributed by atoms with Crippen molar-refractivity contribution < 1.29 is 26.8 Å². The number of ether oxygens (including phenoxy) is 1. The molecule has 0 unspecified atom stereocenters. The molecule has 2 heterocycles. The standard InChI is InChI=1S/C26H17ClF4N4O2/c1-35-13-22(26(29,30)31)32-24(35)15-5-3-14(4-6-15)23-33-25(37-34-23)18-9-8-17(28)12-19(18)20-11-16(27)7-10-21(20)36-2/h3-13H,1-2H3. The number of aromatic nitrogens is 4. The molecule has 37 heavy (non-hydrogen) atoms. The lowest BCUT2D eigenvalue weighted by atomic mass is 9.98. The molecular formula is C26H17ClF4N4O2. The van der Waals surface area contributed by atoms with Gasteiger partial charge in [0.25, 0.3) is 5.89 Å². The van der Waals surface area contributed by atoms with E-state index in [0.29, 0.717) is 38.6 Å². The van der Waals surface area contributed by atoms with Crippen LogP contribution in [-0.4, -0.2) is 26.8 Å². The first kappa shape index (κ1) is 24.5. The smallest absolute Gasteiger partial charge is 0.434 e. The summed E-state index contributed by atoms with van der Waals surface area (Å²) in [5, 5.41) is 4.47. The second kappa shape index (κ2) is 9.36. The van der Waals surface area contributed by atoms with E-state index in [1.807, 2.05) is 0 Å². The zero-order valence-electron chi connectivity index (χ0n) is 19.3. The molecule has 0 spiro atoms. The molecule has 6 nitrogen and oxygen atoms in total. The van der Waals surface area contributed by atoms with Gasteiger partial charge in [0.15, 0.2) is 5.69 Å². The zero-order chi connectivity index (χ0) is 26.3. The summed E-state index contributed by atoms with van der Waals surface area (Å²) in [5.41, 5.74) is 1.53. The molecule has 2 aromatic heterocycles. The van der Waals surface area contributed by atoms with Crippen molar-refractivity contribution in [3.8, 4) is 51.1 Å². The molecule has 5 rings (SSSR count). The third kappa shape index (κ3) is 4.79. The highest BCUT2D eigenvalue weighted by atomic mass is 35.5. The van der Waals surface area contributed by atoms with Crippen LogP contribution >= 0.6 is 11.6 Å². The number of hydrogen-bond donors (Lipinski definition) is 0. The fourth-order valence-corrected chi connectivity index (χ4v) is 4.08. The Hall–Kier alpha value is -4.18. The summed E-state index contributed by atoms with van der Waals surface area (Å²) in [6, 6.07) is 15.6. The first-order valence-electron chi connectivity index (χ1n) is 10.8. The van der Waals surface area contributed by atoms with Gasteiger partial charge in [0.1, 0.15) is 17.4 Å². The van der Waals surface area contributed by atoms with Crippen LogP contribution < -0.4 is 4.74 Å². The highest BCUT2D eigenvalue weighted by Crippen LogP contribution is 2.39. The Morgan fingerprint density at radius 2 is 1.62 bits per heavy atom. The summed E-state index contributed by atoms with van der Waals surface area (Å²) in [6.07, 6.45) is -3.60. The maximum atomic E-state index is 14.2. The van der Waals surface area contributed by atoms with Gasteiger partial charge >= 0.3 is 6.18 Å². The summed E-state index contributed by atoms with van der Waals surface area (Å²) in [5.74, 6) is 0.549. The van der Waals surface area contributed by atoms with Gasteiger partial charge in [-0.15, -0.1) is 0 Å². The number of imidazole rings is 1. The van der Waals surface area contributed by atoms with Gasteiger partial charge in [0.05, 0.1) is 7.11 Å². The predicted molar refractivity (Wildman–Crippen MR) is 129 cm³/mol. The largest absolute Gasteiger partial charge is 0.496 e. The van der Waals surface area contributed by atoms with E-state index in [2.05, 4.69) is 15.1 Å². The Balaban J connectivity index is 1.49. The lowest BCUT2D eigenvalue weighted by Gasteiger charge is -2.12. The minimum absolute atomic E-state index is 0.134. The summed E-state index contributed by atoms with van der Waals surface area (Å²) in [6.45, 7) is 0. The second-order valence-corrected chi connectivity index (χ2v) is 8.53. The van der Waals surface area contributed by atoms with Crippen LogP contribution in [-0.2, 0) is 13.2 Å². The molecule has 0 N–H and O–H groups in total. The highest BCUT2D eigenvalue weighted by molar-refractivity contribution is 6.31. The number of hydrogen-bond acceptors (Lipinski definition) is 5. The maximum absolute atomic E-state index is 14.2. The predicted octanol–water partition coefficient (Wildman–Crippen LogP) is 7.29. The van der Waals surface area contributed by atoms with E-state index < -0.39 is 17.7 Å². The van der Waals surface area contributed by atoms with Gasteiger partial charge < -0.3 is 13.8 Å². The van der Waals surface area contributed by atoms with Crippen LogP contribution in [0.4, 0.5) is 17.6 Å². The minimum atomic E-state index is -4.54. The first-order chi connectivity index (χ1) is 17.6. The second-order valence-electron chi connectivity index (χ2n) is 8.09. The Kier molecular flexibility index (Phi) is 6.20. The topological polar surface area (TPSA) is 66.0 Å².